The van der Waals surface area contributed by atoms with Crippen molar-refractivity contribution in [1.29, 1.82) is 0 Å². The van der Waals surface area contributed by atoms with Crippen molar-refractivity contribution in [2.75, 3.05) is 32.2 Å². The maximum atomic E-state index is 5.36. The van der Waals surface area contributed by atoms with Gasteiger partial charge in [0.25, 0.3) is 0 Å². The molecule has 1 aromatic rings. The molecule has 0 saturated carbocycles. The van der Waals surface area contributed by atoms with Gasteiger partial charge in [0.05, 0.1) is 26.4 Å². The highest BCUT2D eigenvalue weighted by atomic mass is 16.6. The van der Waals surface area contributed by atoms with Gasteiger partial charge in [-0.3, -0.25) is 0 Å². The molecule has 1 aromatic carbocycles. The summed E-state index contributed by atoms with van der Waals surface area (Å²) in [6, 6.07) is 9.49. The Balaban J connectivity index is 0.000000125. The fourth-order valence-corrected chi connectivity index (χ4v) is 1.11. The molecule has 16 heavy (non-hydrogen) atoms. The molecule has 2 heterocycles. The topological polar surface area (TPSA) is 60.3 Å². The summed E-state index contributed by atoms with van der Waals surface area (Å²) in [6.07, 6.45) is 0.785. The molecule has 2 fully saturated rings. The van der Waals surface area contributed by atoms with Gasteiger partial charge in [-0.05, 0) is 12.1 Å². The summed E-state index contributed by atoms with van der Waals surface area (Å²) >= 11 is 0. The van der Waals surface area contributed by atoms with Crippen molar-refractivity contribution in [2.24, 2.45) is 0 Å². The van der Waals surface area contributed by atoms with Gasteiger partial charge in [-0.2, -0.15) is 0 Å². The number of rotatable bonds is 4. The van der Waals surface area contributed by atoms with Crippen molar-refractivity contribution >= 4 is 5.69 Å². The second kappa shape index (κ2) is 5.84. The molecule has 2 aliphatic rings. The molecule has 3 rings (SSSR count). The van der Waals surface area contributed by atoms with E-state index in [4.69, 9.17) is 19.9 Å². The monoisotopic (exact) mass is 223 g/mol. The molecule has 0 spiro atoms. The third-order valence-corrected chi connectivity index (χ3v) is 2.21. The molecular weight excluding hydrogens is 206 g/mol. The predicted octanol–water partition coefficient (Wildman–Crippen LogP) is 1.07. The Morgan fingerprint density at radius 2 is 1.56 bits per heavy atom. The average molecular weight is 223 g/mol. The Kier molecular flexibility index (Phi) is 4.16. The standard InChI is InChI=1S/C6H7N.C6H10O3/c7-6-4-2-1-3-5-6;1(5-3-8-5)7-2-6-4-9-6/h1-5H,7H2;5-6H,1-4H2. The Hall–Kier alpha value is -1.10. The van der Waals surface area contributed by atoms with Crippen molar-refractivity contribution in [3.05, 3.63) is 30.3 Å². The van der Waals surface area contributed by atoms with Crippen molar-refractivity contribution in [1.82, 2.24) is 0 Å². The smallest absolute Gasteiger partial charge is 0.104 e. The molecule has 4 nitrogen and oxygen atoms in total. The summed E-state index contributed by atoms with van der Waals surface area (Å²) in [5, 5.41) is 0. The molecule has 2 N–H and O–H groups in total. The zero-order chi connectivity index (χ0) is 11.2. The zero-order valence-corrected chi connectivity index (χ0v) is 9.17. The molecule has 2 saturated heterocycles. The van der Waals surface area contributed by atoms with E-state index in [9.17, 15) is 0 Å². The van der Waals surface area contributed by atoms with Crippen molar-refractivity contribution in [3.8, 4) is 0 Å². The van der Waals surface area contributed by atoms with Crippen LogP contribution in [0.25, 0.3) is 0 Å². The van der Waals surface area contributed by atoms with Crippen LogP contribution in [0.3, 0.4) is 0 Å². The van der Waals surface area contributed by atoms with Crippen molar-refractivity contribution in [2.45, 2.75) is 12.2 Å². The lowest BCUT2D eigenvalue weighted by Gasteiger charge is -1.95. The molecule has 0 aromatic heterocycles. The first-order valence-corrected chi connectivity index (χ1v) is 5.46. The molecule has 0 radical (unpaired) electrons. The van der Waals surface area contributed by atoms with Crippen LogP contribution in [0.4, 0.5) is 5.69 Å². The van der Waals surface area contributed by atoms with Crippen molar-refractivity contribution in [3.63, 3.8) is 0 Å². The number of anilines is 1. The number of nitrogens with two attached hydrogens (primary N) is 1. The summed E-state index contributed by atoms with van der Waals surface area (Å²) in [5.74, 6) is 0. The van der Waals surface area contributed by atoms with Crippen LogP contribution in [-0.4, -0.2) is 38.6 Å². The second-order valence-corrected chi connectivity index (χ2v) is 3.86. The molecule has 2 unspecified atom stereocenters. The molecule has 2 aliphatic heterocycles. The average Bonchev–Trinajstić information content (AvgIpc) is 3.14. The normalized spacial score (nSPS) is 25.5. The number of hydrogen-bond acceptors (Lipinski definition) is 4. The van der Waals surface area contributed by atoms with Gasteiger partial charge < -0.3 is 19.9 Å². The van der Waals surface area contributed by atoms with Crippen LogP contribution in [0.5, 0.6) is 0 Å². The maximum absolute atomic E-state index is 5.36. The van der Waals surface area contributed by atoms with Gasteiger partial charge in [-0.15, -0.1) is 0 Å². The first-order valence-electron chi connectivity index (χ1n) is 5.46. The summed E-state index contributed by atoms with van der Waals surface area (Å²) < 4.78 is 15.1. The van der Waals surface area contributed by atoms with Crippen LogP contribution in [0.2, 0.25) is 0 Å². The van der Waals surface area contributed by atoms with Crippen molar-refractivity contribution < 1.29 is 14.2 Å². The summed E-state index contributed by atoms with van der Waals surface area (Å²) in [6.45, 7) is 3.26. The quantitative estimate of drug-likeness (QED) is 0.612. The van der Waals surface area contributed by atoms with E-state index in [1.807, 2.05) is 30.3 Å². The molecule has 4 heteroatoms. The minimum atomic E-state index is 0.392. The molecule has 88 valence electrons. The van der Waals surface area contributed by atoms with Gasteiger partial charge in [-0.25, -0.2) is 0 Å². The Morgan fingerprint density at radius 1 is 1.06 bits per heavy atom. The van der Waals surface area contributed by atoms with E-state index in [2.05, 4.69) is 0 Å². The highest BCUT2D eigenvalue weighted by molar-refractivity contribution is 5.35. The van der Waals surface area contributed by atoms with Crippen LogP contribution in [-0.2, 0) is 14.2 Å². The summed E-state index contributed by atoms with van der Waals surface area (Å²) in [7, 11) is 0. The fraction of sp³-hybridized carbons (Fsp3) is 0.500. The van der Waals surface area contributed by atoms with Crippen LogP contribution < -0.4 is 5.73 Å². The lowest BCUT2D eigenvalue weighted by atomic mass is 10.3. The minimum absolute atomic E-state index is 0.392. The van der Waals surface area contributed by atoms with Crippen LogP contribution >= 0.6 is 0 Å². The molecular formula is C12H17NO3. The predicted molar refractivity (Wildman–Crippen MR) is 61.2 cm³/mol. The molecule has 2 atom stereocenters. The third-order valence-electron chi connectivity index (χ3n) is 2.21. The largest absolute Gasteiger partial charge is 0.399 e. The second-order valence-electron chi connectivity index (χ2n) is 3.86. The van der Waals surface area contributed by atoms with E-state index in [0.29, 0.717) is 12.2 Å². The van der Waals surface area contributed by atoms with Gasteiger partial charge in [0.1, 0.15) is 12.2 Å². The first-order chi connectivity index (χ1) is 7.84. The van der Waals surface area contributed by atoms with E-state index in [-0.39, 0.29) is 0 Å². The Morgan fingerprint density at radius 3 is 1.88 bits per heavy atom. The number of nitrogen functional groups attached to an aromatic ring is 1. The highest BCUT2D eigenvalue weighted by Gasteiger charge is 2.26. The zero-order valence-electron chi connectivity index (χ0n) is 9.17. The van der Waals surface area contributed by atoms with Gasteiger partial charge >= 0.3 is 0 Å². The third kappa shape index (κ3) is 5.11. The number of benzene rings is 1. The Labute approximate surface area is 95.3 Å². The SMILES string of the molecule is C(OCC1CO1)C1CO1.Nc1ccccc1. The van der Waals surface area contributed by atoms with Gasteiger partial charge in [0.2, 0.25) is 0 Å². The van der Waals surface area contributed by atoms with Crippen LogP contribution in [0, 0.1) is 0 Å². The first kappa shape index (κ1) is 11.4. The van der Waals surface area contributed by atoms with Crippen LogP contribution in [0.1, 0.15) is 0 Å². The van der Waals surface area contributed by atoms with E-state index in [0.717, 1.165) is 32.1 Å². The lowest BCUT2D eigenvalue weighted by molar-refractivity contribution is 0.102. The summed E-state index contributed by atoms with van der Waals surface area (Å²) in [4.78, 5) is 0. The highest BCUT2D eigenvalue weighted by Crippen LogP contribution is 2.12. The fourth-order valence-electron chi connectivity index (χ4n) is 1.11. The van der Waals surface area contributed by atoms with Crippen LogP contribution in [0.15, 0.2) is 30.3 Å². The number of para-hydroxylation sites is 1. The van der Waals surface area contributed by atoms with Gasteiger partial charge in [0.15, 0.2) is 0 Å². The number of epoxide rings is 2. The van der Waals surface area contributed by atoms with E-state index in [1.54, 1.807) is 0 Å². The number of hydrogen-bond donors (Lipinski definition) is 1. The molecule has 0 bridgehead atoms. The number of ether oxygens (including phenoxy) is 3. The minimum Gasteiger partial charge on any atom is -0.399 e. The lowest BCUT2D eigenvalue weighted by Crippen LogP contribution is -2.06. The van der Waals surface area contributed by atoms with E-state index >= 15 is 0 Å². The molecule has 0 amide bonds. The van der Waals surface area contributed by atoms with Gasteiger partial charge in [-0.1, -0.05) is 18.2 Å². The van der Waals surface area contributed by atoms with E-state index < -0.39 is 0 Å². The molecule has 0 aliphatic carbocycles. The van der Waals surface area contributed by atoms with Gasteiger partial charge in [0, 0.05) is 5.69 Å². The van der Waals surface area contributed by atoms with E-state index in [1.165, 1.54) is 0 Å². The summed E-state index contributed by atoms with van der Waals surface area (Å²) in [5.41, 5.74) is 6.18. The maximum Gasteiger partial charge on any atom is 0.104 e. The Bertz CT molecular complexity index is 284.